The number of nitrogens with zero attached hydrogens (tertiary/aromatic N) is 2. The standard InChI is InChI=1S/C18H16BrClN4O/c1-12-3-5-16(14(19)9-12)23-18(25)11-21-13-4-6-17(15(20)10-13)24-8-2-7-22-24/h2-10,21H,11H2,1H3,(H,23,25). The highest BCUT2D eigenvalue weighted by atomic mass is 79.9. The Morgan fingerprint density at radius 2 is 2.12 bits per heavy atom. The first-order valence-electron chi connectivity index (χ1n) is 7.62. The van der Waals surface area contributed by atoms with Crippen molar-refractivity contribution in [1.82, 2.24) is 9.78 Å². The van der Waals surface area contributed by atoms with E-state index in [0.717, 1.165) is 27.1 Å². The van der Waals surface area contributed by atoms with E-state index < -0.39 is 0 Å². The highest BCUT2D eigenvalue weighted by Crippen LogP contribution is 2.25. The first-order valence-corrected chi connectivity index (χ1v) is 8.79. The molecule has 0 saturated heterocycles. The molecule has 0 aliphatic heterocycles. The highest BCUT2D eigenvalue weighted by molar-refractivity contribution is 9.10. The van der Waals surface area contributed by atoms with Crippen LogP contribution in [0.2, 0.25) is 5.02 Å². The van der Waals surface area contributed by atoms with E-state index in [1.54, 1.807) is 16.9 Å². The van der Waals surface area contributed by atoms with Gasteiger partial charge in [-0.25, -0.2) is 4.68 Å². The lowest BCUT2D eigenvalue weighted by Crippen LogP contribution is -2.22. The van der Waals surface area contributed by atoms with Gasteiger partial charge in [0.2, 0.25) is 5.91 Å². The van der Waals surface area contributed by atoms with Crippen LogP contribution in [0.3, 0.4) is 0 Å². The predicted molar refractivity (Wildman–Crippen MR) is 105 cm³/mol. The Morgan fingerprint density at radius 1 is 1.28 bits per heavy atom. The summed E-state index contributed by atoms with van der Waals surface area (Å²) in [7, 11) is 0. The van der Waals surface area contributed by atoms with Gasteiger partial charge in [-0.3, -0.25) is 4.79 Å². The maximum Gasteiger partial charge on any atom is 0.243 e. The fourth-order valence-electron chi connectivity index (χ4n) is 2.31. The van der Waals surface area contributed by atoms with E-state index >= 15 is 0 Å². The molecular formula is C18H16BrClN4O. The normalized spacial score (nSPS) is 10.5. The number of aryl methyl sites for hydroxylation is 1. The van der Waals surface area contributed by atoms with Crippen molar-refractivity contribution in [1.29, 1.82) is 0 Å². The molecule has 0 bridgehead atoms. The van der Waals surface area contributed by atoms with Gasteiger partial charge in [0.1, 0.15) is 0 Å². The number of hydrogen-bond donors (Lipinski definition) is 2. The summed E-state index contributed by atoms with van der Waals surface area (Å²) in [5, 5.41) is 10.6. The minimum absolute atomic E-state index is 0.137. The number of carbonyl (C=O) groups is 1. The van der Waals surface area contributed by atoms with E-state index in [1.165, 1.54) is 0 Å². The van der Waals surface area contributed by atoms with Crippen molar-refractivity contribution >= 4 is 44.8 Å². The molecule has 0 spiro atoms. The third kappa shape index (κ3) is 4.41. The molecule has 3 rings (SSSR count). The van der Waals surface area contributed by atoms with Crippen LogP contribution in [0.5, 0.6) is 0 Å². The van der Waals surface area contributed by atoms with Gasteiger partial charge in [0.15, 0.2) is 0 Å². The van der Waals surface area contributed by atoms with Crippen LogP contribution in [-0.4, -0.2) is 22.2 Å². The van der Waals surface area contributed by atoms with Crippen LogP contribution in [0.1, 0.15) is 5.56 Å². The average Bonchev–Trinajstić information content (AvgIpc) is 3.10. The van der Waals surface area contributed by atoms with Crippen molar-refractivity contribution in [2.24, 2.45) is 0 Å². The van der Waals surface area contributed by atoms with Crippen LogP contribution in [0.25, 0.3) is 5.69 Å². The van der Waals surface area contributed by atoms with Gasteiger partial charge < -0.3 is 10.6 Å². The Hall–Kier alpha value is -2.31. The molecule has 128 valence electrons. The van der Waals surface area contributed by atoms with Crippen LogP contribution >= 0.6 is 27.5 Å². The van der Waals surface area contributed by atoms with E-state index in [4.69, 9.17) is 11.6 Å². The molecule has 0 aliphatic carbocycles. The van der Waals surface area contributed by atoms with Gasteiger partial charge in [-0.1, -0.05) is 17.7 Å². The van der Waals surface area contributed by atoms with Crippen LogP contribution in [0, 0.1) is 6.92 Å². The molecule has 0 unspecified atom stereocenters. The maximum atomic E-state index is 12.1. The van der Waals surface area contributed by atoms with Gasteiger partial charge in [-0.05, 0) is 64.8 Å². The second-order valence-electron chi connectivity index (χ2n) is 5.50. The van der Waals surface area contributed by atoms with Crippen molar-refractivity contribution in [2.75, 3.05) is 17.2 Å². The summed E-state index contributed by atoms with van der Waals surface area (Å²) >= 11 is 9.74. The summed E-state index contributed by atoms with van der Waals surface area (Å²) in [6.07, 6.45) is 3.51. The Morgan fingerprint density at radius 3 is 2.80 bits per heavy atom. The Kier molecular flexibility index (Phi) is 5.40. The Labute approximate surface area is 159 Å². The lowest BCUT2D eigenvalue weighted by Gasteiger charge is -2.11. The average molecular weight is 420 g/mol. The monoisotopic (exact) mass is 418 g/mol. The number of hydrogen-bond acceptors (Lipinski definition) is 3. The SMILES string of the molecule is Cc1ccc(NC(=O)CNc2ccc(-n3cccn3)c(Cl)c2)c(Br)c1. The van der Waals surface area contributed by atoms with Crippen LogP contribution in [0.4, 0.5) is 11.4 Å². The number of nitrogens with one attached hydrogen (secondary N) is 2. The highest BCUT2D eigenvalue weighted by Gasteiger charge is 2.08. The molecule has 1 aromatic heterocycles. The summed E-state index contributed by atoms with van der Waals surface area (Å²) in [6, 6.07) is 13.1. The second kappa shape index (κ2) is 7.72. The zero-order valence-electron chi connectivity index (χ0n) is 13.5. The minimum Gasteiger partial charge on any atom is -0.376 e. The number of anilines is 2. The van der Waals surface area contributed by atoms with Crippen molar-refractivity contribution in [3.8, 4) is 5.69 Å². The van der Waals surface area contributed by atoms with Crippen molar-refractivity contribution in [2.45, 2.75) is 6.92 Å². The molecule has 1 amide bonds. The maximum absolute atomic E-state index is 12.1. The third-order valence-electron chi connectivity index (χ3n) is 3.55. The summed E-state index contributed by atoms with van der Waals surface area (Å²) in [6.45, 7) is 2.13. The van der Waals surface area contributed by atoms with E-state index in [-0.39, 0.29) is 12.5 Å². The van der Waals surface area contributed by atoms with Gasteiger partial charge in [0, 0.05) is 22.6 Å². The molecule has 2 aromatic carbocycles. The Balaban J connectivity index is 1.61. The fourth-order valence-corrected chi connectivity index (χ4v) is 3.17. The lowest BCUT2D eigenvalue weighted by atomic mass is 10.2. The molecule has 5 nitrogen and oxygen atoms in total. The van der Waals surface area contributed by atoms with Gasteiger partial charge in [0.25, 0.3) is 0 Å². The smallest absolute Gasteiger partial charge is 0.243 e. The second-order valence-corrected chi connectivity index (χ2v) is 6.76. The number of halogens is 2. The molecule has 0 radical (unpaired) electrons. The fraction of sp³-hybridized carbons (Fsp3) is 0.111. The van der Waals surface area contributed by atoms with Gasteiger partial charge in [-0.2, -0.15) is 5.10 Å². The number of benzene rings is 2. The molecule has 0 saturated carbocycles. The largest absolute Gasteiger partial charge is 0.376 e. The molecule has 0 atom stereocenters. The van der Waals surface area contributed by atoms with Crippen molar-refractivity contribution in [3.63, 3.8) is 0 Å². The van der Waals surface area contributed by atoms with Crippen LogP contribution < -0.4 is 10.6 Å². The summed E-state index contributed by atoms with van der Waals surface area (Å²) in [4.78, 5) is 12.1. The first kappa shape index (κ1) is 17.5. The molecule has 7 heteroatoms. The third-order valence-corrected chi connectivity index (χ3v) is 4.51. The van der Waals surface area contributed by atoms with Gasteiger partial charge in [0.05, 0.1) is 22.9 Å². The molecular weight excluding hydrogens is 404 g/mol. The zero-order chi connectivity index (χ0) is 17.8. The van der Waals surface area contributed by atoms with Crippen LogP contribution in [-0.2, 0) is 4.79 Å². The first-order chi connectivity index (χ1) is 12.0. The Bertz CT molecular complexity index is 896. The molecule has 1 heterocycles. The summed E-state index contributed by atoms with van der Waals surface area (Å²) in [5.41, 5.74) is 3.41. The van der Waals surface area contributed by atoms with Crippen LogP contribution in [0.15, 0.2) is 59.3 Å². The van der Waals surface area contributed by atoms with Crippen molar-refractivity contribution < 1.29 is 4.79 Å². The van der Waals surface area contributed by atoms with E-state index in [0.29, 0.717) is 5.02 Å². The van der Waals surface area contributed by atoms with Crippen molar-refractivity contribution in [3.05, 3.63) is 69.9 Å². The molecule has 0 fully saturated rings. The molecule has 25 heavy (non-hydrogen) atoms. The van der Waals surface area contributed by atoms with E-state index in [9.17, 15) is 4.79 Å². The van der Waals surface area contributed by atoms with Gasteiger partial charge >= 0.3 is 0 Å². The van der Waals surface area contributed by atoms with Gasteiger partial charge in [-0.15, -0.1) is 0 Å². The number of aromatic nitrogens is 2. The molecule has 3 aromatic rings. The lowest BCUT2D eigenvalue weighted by molar-refractivity contribution is -0.114. The number of rotatable bonds is 5. The van der Waals surface area contributed by atoms with E-state index in [1.807, 2.05) is 49.5 Å². The zero-order valence-corrected chi connectivity index (χ0v) is 15.8. The topological polar surface area (TPSA) is 59.0 Å². The summed E-state index contributed by atoms with van der Waals surface area (Å²) < 4.78 is 2.54. The number of amides is 1. The van der Waals surface area contributed by atoms with E-state index in [2.05, 4.69) is 31.7 Å². The minimum atomic E-state index is -0.142. The predicted octanol–water partition coefficient (Wildman–Crippen LogP) is 4.65. The quantitative estimate of drug-likeness (QED) is 0.633. The molecule has 0 aliphatic rings. The number of carbonyl (C=O) groups excluding carboxylic acids is 1. The summed E-state index contributed by atoms with van der Waals surface area (Å²) in [5.74, 6) is -0.142. The molecule has 2 N–H and O–H groups in total.